The Kier molecular flexibility index (Phi) is 7.10. The molecule has 1 nitrogen and oxygen atoms in total. The Bertz CT molecular complexity index is 751. The molecule has 5 heteroatoms. The molecule has 0 spiro atoms. The van der Waals surface area contributed by atoms with Crippen molar-refractivity contribution in [3.8, 4) is 11.1 Å². The van der Waals surface area contributed by atoms with Crippen LogP contribution in [0.25, 0.3) is 11.1 Å². The zero-order valence-corrected chi connectivity index (χ0v) is 16.3. The smallest absolute Gasteiger partial charge is 0.281 e. The van der Waals surface area contributed by atoms with E-state index in [4.69, 9.17) is 11.6 Å². The van der Waals surface area contributed by atoms with Gasteiger partial charge in [-0.2, -0.15) is 13.2 Å². The van der Waals surface area contributed by atoms with Crippen LogP contribution < -0.4 is 0 Å². The molecule has 0 aromatic heterocycles. The first-order valence-corrected chi connectivity index (χ1v) is 9.44. The minimum atomic E-state index is -4.35. The fraction of sp³-hybridized carbons (Fsp3) is 0.409. The van der Waals surface area contributed by atoms with Crippen LogP contribution in [0.1, 0.15) is 50.2 Å². The minimum absolute atomic E-state index is 0.0170. The first-order valence-electron chi connectivity index (χ1n) is 9.06. The molecule has 1 unspecified atom stereocenters. The third-order valence-corrected chi connectivity index (χ3v) is 5.27. The number of rotatable bonds is 8. The molecule has 0 amide bonds. The second-order valence-corrected chi connectivity index (χ2v) is 7.61. The topological polar surface area (TPSA) is 17.1 Å². The minimum Gasteiger partial charge on any atom is -0.281 e. The zero-order valence-electron chi connectivity index (χ0n) is 15.6. The molecule has 0 N–H and O–H groups in total. The van der Waals surface area contributed by atoms with Crippen LogP contribution in [-0.2, 0) is 10.2 Å². The van der Waals surface area contributed by atoms with Gasteiger partial charge in [0.15, 0.2) is 0 Å². The summed E-state index contributed by atoms with van der Waals surface area (Å²) in [4.78, 5) is 10.7. The number of hydrogen-bond acceptors (Lipinski definition) is 1. The van der Waals surface area contributed by atoms with Gasteiger partial charge < -0.3 is 0 Å². The molecular weight excluding hydrogens is 373 g/mol. The normalized spacial score (nSPS) is 14.0. The molecule has 0 aliphatic rings. The number of hydrogen-bond donors (Lipinski definition) is 0. The van der Waals surface area contributed by atoms with E-state index in [-0.39, 0.29) is 18.4 Å². The molecule has 0 saturated carbocycles. The fourth-order valence-corrected chi connectivity index (χ4v) is 3.28. The van der Waals surface area contributed by atoms with Crippen molar-refractivity contribution in [1.82, 2.24) is 0 Å². The van der Waals surface area contributed by atoms with Gasteiger partial charge in [0.25, 0.3) is 0 Å². The summed E-state index contributed by atoms with van der Waals surface area (Å²) in [6, 6.07) is 14.5. The van der Waals surface area contributed by atoms with E-state index in [1.165, 1.54) is 6.92 Å². The van der Waals surface area contributed by atoms with Gasteiger partial charge in [-0.05, 0) is 55.0 Å². The quantitative estimate of drug-likeness (QED) is 0.340. The van der Waals surface area contributed by atoms with Crippen molar-refractivity contribution in [2.24, 2.45) is 0 Å². The standard InChI is InChI=1S/C22H24ClF3O/c1-16-7-9-17(10-8-16)18-11-13-19(14-12-18)21(2,22(24,25)26)15-5-3-4-6-20(23)27/h7-14H,3-6,15H2,1-2H3. The molecule has 0 bridgehead atoms. The van der Waals surface area contributed by atoms with E-state index >= 15 is 0 Å². The number of unbranched alkanes of at least 4 members (excludes halogenated alkanes) is 2. The van der Waals surface area contributed by atoms with Crippen molar-refractivity contribution in [3.05, 3.63) is 59.7 Å². The Balaban J connectivity index is 2.15. The van der Waals surface area contributed by atoms with Gasteiger partial charge in [-0.3, -0.25) is 4.79 Å². The predicted octanol–water partition coefficient (Wildman–Crippen LogP) is 7.20. The summed E-state index contributed by atoms with van der Waals surface area (Å²) >= 11 is 5.27. The lowest BCUT2D eigenvalue weighted by molar-refractivity contribution is -0.188. The van der Waals surface area contributed by atoms with Crippen LogP contribution in [0.3, 0.4) is 0 Å². The second-order valence-electron chi connectivity index (χ2n) is 7.19. The van der Waals surface area contributed by atoms with E-state index < -0.39 is 16.8 Å². The first-order chi connectivity index (χ1) is 12.6. The summed E-state index contributed by atoms with van der Waals surface area (Å²) in [6.07, 6.45) is -2.71. The molecule has 2 aromatic carbocycles. The average Bonchev–Trinajstić information content (AvgIpc) is 2.61. The molecule has 0 heterocycles. The predicted molar refractivity (Wildman–Crippen MR) is 104 cm³/mol. The Hall–Kier alpha value is -1.81. The van der Waals surface area contributed by atoms with Gasteiger partial charge in [0.05, 0.1) is 5.41 Å². The van der Waals surface area contributed by atoms with Crippen molar-refractivity contribution in [2.75, 3.05) is 0 Å². The summed E-state index contributed by atoms with van der Waals surface area (Å²) < 4.78 is 41.5. The number of halogens is 4. The van der Waals surface area contributed by atoms with Gasteiger partial charge in [0, 0.05) is 6.42 Å². The highest BCUT2D eigenvalue weighted by Gasteiger charge is 2.51. The molecule has 0 aliphatic carbocycles. The van der Waals surface area contributed by atoms with Gasteiger partial charge in [0.2, 0.25) is 5.24 Å². The van der Waals surface area contributed by atoms with E-state index in [0.29, 0.717) is 19.3 Å². The summed E-state index contributed by atoms with van der Waals surface area (Å²) in [5.41, 5.74) is 1.36. The lowest BCUT2D eigenvalue weighted by atomic mass is 9.77. The molecule has 2 aromatic rings. The summed E-state index contributed by atoms with van der Waals surface area (Å²) in [7, 11) is 0. The van der Waals surface area contributed by atoms with Crippen molar-refractivity contribution in [3.63, 3.8) is 0 Å². The third kappa shape index (κ3) is 5.58. The summed E-state index contributed by atoms with van der Waals surface area (Å²) in [5, 5.41) is -0.444. The lowest BCUT2D eigenvalue weighted by Gasteiger charge is -2.33. The second kappa shape index (κ2) is 8.92. The SMILES string of the molecule is Cc1ccc(-c2ccc(C(C)(CCCCCC(=O)Cl)C(F)(F)F)cc2)cc1. The zero-order chi connectivity index (χ0) is 20.1. The molecular formula is C22H24ClF3O. The van der Waals surface area contributed by atoms with Crippen LogP contribution in [0.4, 0.5) is 13.2 Å². The number of alkyl halides is 3. The van der Waals surface area contributed by atoms with E-state index in [1.807, 2.05) is 31.2 Å². The maximum Gasteiger partial charge on any atom is 0.398 e. The molecule has 0 radical (unpaired) electrons. The molecule has 2 rings (SSSR count). The van der Waals surface area contributed by atoms with E-state index in [0.717, 1.165) is 16.7 Å². The van der Waals surface area contributed by atoms with Gasteiger partial charge in [-0.1, -0.05) is 66.9 Å². The Morgan fingerprint density at radius 3 is 1.89 bits per heavy atom. The Morgan fingerprint density at radius 2 is 1.41 bits per heavy atom. The maximum atomic E-state index is 13.8. The van der Waals surface area contributed by atoms with Gasteiger partial charge >= 0.3 is 6.18 Å². The number of carbonyl (C=O) groups excluding carboxylic acids is 1. The molecule has 27 heavy (non-hydrogen) atoms. The van der Waals surface area contributed by atoms with Gasteiger partial charge in [0.1, 0.15) is 0 Å². The molecule has 0 fully saturated rings. The first kappa shape index (κ1) is 21.5. The largest absolute Gasteiger partial charge is 0.398 e. The highest BCUT2D eigenvalue weighted by atomic mass is 35.5. The van der Waals surface area contributed by atoms with Crippen LogP contribution in [0.2, 0.25) is 0 Å². The highest BCUT2D eigenvalue weighted by Crippen LogP contribution is 2.45. The molecule has 0 saturated heterocycles. The van der Waals surface area contributed by atoms with E-state index in [1.54, 1.807) is 24.3 Å². The number of benzene rings is 2. The highest BCUT2D eigenvalue weighted by molar-refractivity contribution is 6.63. The van der Waals surface area contributed by atoms with Crippen molar-refractivity contribution in [2.45, 2.75) is 57.5 Å². The van der Waals surface area contributed by atoms with Gasteiger partial charge in [-0.15, -0.1) is 0 Å². The summed E-state index contributed by atoms with van der Waals surface area (Å²) in [6.45, 7) is 3.24. The van der Waals surface area contributed by atoms with Crippen LogP contribution in [0.15, 0.2) is 48.5 Å². The van der Waals surface area contributed by atoms with Crippen molar-refractivity contribution in [1.29, 1.82) is 0 Å². The third-order valence-electron chi connectivity index (χ3n) is 5.08. The van der Waals surface area contributed by atoms with Crippen LogP contribution >= 0.6 is 11.6 Å². The van der Waals surface area contributed by atoms with Crippen molar-refractivity contribution < 1.29 is 18.0 Å². The summed E-state index contributed by atoms with van der Waals surface area (Å²) in [5.74, 6) is 0. The van der Waals surface area contributed by atoms with E-state index in [9.17, 15) is 18.0 Å². The Morgan fingerprint density at radius 1 is 0.889 bits per heavy atom. The van der Waals surface area contributed by atoms with Crippen molar-refractivity contribution >= 4 is 16.8 Å². The maximum absolute atomic E-state index is 13.8. The molecule has 0 aliphatic heterocycles. The van der Waals surface area contributed by atoms with Gasteiger partial charge in [-0.25, -0.2) is 0 Å². The fourth-order valence-electron chi connectivity index (χ4n) is 3.15. The molecule has 146 valence electrons. The monoisotopic (exact) mass is 396 g/mol. The lowest BCUT2D eigenvalue weighted by Crippen LogP contribution is -2.39. The van der Waals surface area contributed by atoms with Crippen LogP contribution in [0.5, 0.6) is 0 Å². The molecule has 1 atom stereocenters. The Labute approximate surface area is 163 Å². The van der Waals surface area contributed by atoms with Crippen LogP contribution in [-0.4, -0.2) is 11.4 Å². The van der Waals surface area contributed by atoms with E-state index in [2.05, 4.69) is 0 Å². The average molecular weight is 397 g/mol. The number of carbonyl (C=O) groups is 1. The number of aryl methyl sites for hydroxylation is 1. The van der Waals surface area contributed by atoms with Crippen LogP contribution in [0, 0.1) is 6.92 Å².